The number of anilines is 2. The van der Waals surface area contributed by atoms with Crippen LogP contribution in [0.25, 0.3) is 0 Å². The Labute approximate surface area is 260 Å². The molecule has 1 saturated carbocycles. The van der Waals surface area contributed by atoms with Crippen molar-refractivity contribution in [3.05, 3.63) is 30.1 Å². The number of amides is 2. The maximum atomic E-state index is 14.2. The number of rotatable bonds is 9. The minimum absolute atomic E-state index is 0.115. The van der Waals surface area contributed by atoms with Gasteiger partial charge in [-0.05, 0) is 101 Å². The van der Waals surface area contributed by atoms with E-state index in [9.17, 15) is 19.1 Å². The predicted octanol–water partition coefficient (Wildman–Crippen LogP) is 6.75. The highest BCUT2D eigenvalue weighted by Gasteiger charge is 2.38. The molecule has 0 bridgehead atoms. The molecule has 1 aliphatic rings. The van der Waals surface area contributed by atoms with Crippen molar-refractivity contribution in [3.8, 4) is 5.88 Å². The van der Waals surface area contributed by atoms with E-state index in [0.29, 0.717) is 42.5 Å². The van der Waals surface area contributed by atoms with Gasteiger partial charge in [0.2, 0.25) is 5.88 Å². The van der Waals surface area contributed by atoms with Crippen LogP contribution in [0.15, 0.2) is 24.4 Å². The summed E-state index contributed by atoms with van der Waals surface area (Å²) in [4.78, 5) is 31.5. The Kier molecular flexibility index (Phi) is 10.9. The number of aliphatic hydroxyl groups is 1. The molecule has 44 heavy (non-hydrogen) atoms. The van der Waals surface area contributed by atoms with E-state index < -0.39 is 41.2 Å². The van der Waals surface area contributed by atoms with E-state index >= 15 is 0 Å². The third kappa shape index (κ3) is 10.1. The highest BCUT2D eigenvalue weighted by molar-refractivity contribution is 5.95. The van der Waals surface area contributed by atoms with E-state index in [1.54, 1.807) is 49.8 Å². The molecule has 2 aromatic heterocycles. The SMILES string of the molecule is C[C@@H](CCCOc1cc(N(C(=O)OC(C)(C)C)c2cc([C@H]3C[C@@H](F)[C@@H](O)C3)nn2C(C)(C)C)ccn1)NC(=O)OC(C)(C)C. The van der Waals surface area contributed by atoms with E-state index in [0.717, 1.165) is 0 Å². The van der Waals surface area contributed by atoms with Gasteiger partial charge in [0.25, 0.3) is 0 Å². The molecule has 1 aliphatic carbocycles. The molecule has 1 fully saturated rings. The first-order chi connectivity index (χ1) is 20.2. The molecule has 2 aromatic rings. The summed E-state index contributed by atoms with van der Waals surface area (Å²) in [5.41, 5.74) is -0.841. The first-order valence-corrected chi connectivity index (χ1v) is 15.3. The highest BCUT2D eigenvalue weighted by Crippen LogP contribution is 2.40. The Morgan fingerprint density at radius 3 is 2.32 bits per heavy atom. The largest absolute Gasteiger partial charge is 0.478 e. The maximum Gasteiger partial charge on any atom is 0.420 e. The van der Waals surface area contributed by atoms with Crippen LogP contribution in [0.4, 0.5) is 25.5 Å². The van der Waals surface area contributed by atoms with E-state index in [2.05, 4.69) is 10.3 Å². The van der Waals surface area contributed by atoms with Crippen molar-refractivity contribution >= 4 is 23.7 Å². The normalized spacial score (nSPS) is 19.8. The maximum absolute atomic E-state index is 14.2. The molecule has 11 nitrogen and oxygen atoms in total. The van der Waals surface area contributed by atoms with Crippen LogP contribution in [0, 0.1) is 0 Å². The number of nitrogens with zero attached hydrogens (tertiary/aromatic N) is 4. The van der Waals surface area contributed by atoms with Crippen LogP contribution in [0.2, 0.25) is 0 Å². The molecule has 0 saturated heterocycles. The number of alkyl halides is 1. The third-order valence-corrected chi connectivity index (χ3v) is 6.79. The molecule has 2 N–H and O–H groups in total. The summed E-state index contributed by atoms with van der Waals surface area (Å²) in [6, 6.07) is 4.99. The summed E-state index contributed by atoms with van der Waals surface area (Å²) < 4.78 is 33.0. The van der Waals surface area contributed by atoms with Gasteiger partial charge in [-0.1, -0.05) is 0 Å². The number of alkyl carbamates (subject to hydrolysis) is 1. The molecule has 0 aromatic carbocycles. The molecule has 246 valence electrons. The number of aliphatic hydroxyl groups excluding tert-OH is 1. The highest BCUT2D eigenvalue weighted by atomic mass is 19.1. The quantitative estimate of drug-likeness (QED) is 0.295. The molecule has 0 aliphatic heterocycles. The molecule has 2 amide bonds. The number of carbonyl (C=O) groups excluding carboxylic acids is 2. The van der Waals surface area contributed by atoms with Crippen LogP contribution in [-0.4, -0.2) is 68.2 Å². The van der Waals surface area contributed by atoms with Gasteiger partial charge in [0.15, 0.2) is 0 Å². The summed E-state index contributed by atoms with van der Waals surface area (Å²) in [7, 11) is 0. The van der Waals surface area contributed by atoms with Crippen molar-refractivity contribution in [3.63, 3.8) is 0 Å². The standard InChI is InChI=1S/C32H50FN5O6/c1-20(35-28(40)43-31(5,6)7)12-11-15-42-26-18-22(13-14-34-26)37(29(41)44-32(8,9)10)27-19-24(36-38(27)30(2,3)4)21-16-23(33)25(39)17-21/h13-14,18-21,23,25,39H,11-12,15-17H2,1-10H3,(H,35,40)/t20-,21-,23+,25-/m0/s1. The summed E-state index contributed by atoms with van der Waals surface area (Å²) in [5.74, 6) is 0.467. The van der Waals surface area contributed by atoms with Gasteiger partial charge < -0.3 is 24.6 Å². The van der Waals surface area contributed by atoms with Crippen molar-refractivity contribution in [2.75, 3.05) is 11.5 Å². The van der Waals surface area contributed by atoms with Crippen LogP contribution in [-0.2, 0) is 15.0 Å². The van der Waals surface area contributed by atoms with E-state index in [4.69, 9.17) is 19.3 Å². The zero-order chi connectivity index (χ0) is 33.0. The molecule has 12 heteroatoms. The van der Waals surface area contributed by atoms with Gasteiger partial charge in [-0.3, -0.25) is 0 Å². The van der Waals surface area contributed by atoms with E-state index in [1.807, 2.05) is 48.5 Å². The lowest BCUT2D eigenvalue weighted by Gasteiger charge is -2.30. The number of nitrogens with one attached hydrogen (secondary N) is 1. The van der Waals surface area contributed by atoms with Gasteiger partial charge in [-0.25, -0.2) is 28.5 Å². The Bertz CT molecular complexity index is 1270. The summed E-state index contributed by atoms with van der Waals surface area (Å²) in [5, 5.41) is 17.7. The first kappa shape index (κ1) is 35.1. The van der Waals surface area contributed by atoms with Crippen LogP contribution >= 0.6 is 0 Å². The average Bonchev–Trinajstić information content (AvgIpc) is 3.43. The second-order valence-electron chi connectivity index (χ2n) is 14.5. The van der Waals surface area contributed by atoms with Gasteiger partial charge in [0.1, 0.15) is 23.2 Å². The smallest absolute Gasteiger partial charge is 0.420 e. The number of pyridine rings is 1. The number of aromatic nitrogens is 3. The second-order valence-corrected chi connectivity index (χ2v) is 14.5. The van der Waals surface area contributed by atoms with Crippen molar-refractivity contribution < 1.29 is 33.3 Å². The van der Waals surface area contributed by atoms with E-state index in [1.165, 1.54) is 4.90 Å². The van der Waals surface area contributed by atoms with Gasteiger partial charge in [-0.2, -0.15) is 5.10 Å². The molecule has 2 heterocycles. The summed E-state index contributed by atoms with van der Waals surface area (Å²) in [6.07, 6.45) is -0.178. The van der Waals surface area contributed by atoms with Crippen molar-refractivity contribution in [1.82, 2.24) is 20.1 Å². The van der Waals surface area contributed by atoms with Gasteiger partial charge in [-0.15, -0.1) is 0 Å². The van der Waals surface area contributed by atoms with Gasteiger partial charge in [0, 0.05) is 30.3 Å². The lowest BCUT2D eigenvalue weighted by molar-refractivity contribution is 0.0503. The first-order valence-electron chi connectivity index (χ1n) is 15.3. The van der Waals surface area contributed by atoms with Crippen LogP contribution < -0.4 is 15.0 Å². The lowest BCUT2D eigenvalue weighted by Crippen LogP contribution is -2.37. The number of hydrogen-bond acceptors (Lipinski definition) is 8. The minimum Gasteiger partial charge on any atom is -0.478 e. The van der Waals surface area contributed by atoms with Gasteiger partial charge in [0.05, 0.1) is 29.6 Å². The molecule has 0 unspecified atom stereocenters. The summed E-state index contributed by atoms with van der Waals surface area (Å²) in [6.45, 7) is 18.9. The Hall–Kier alpha value is -3.41. The molecule has 0 spiro atoms. The predicted molar refractivity (Wildman–Crippen MR) is 166 cm³/mol. The fraction of sp³-hybridized carbons (Fsp3) is 0.688. The van der Waals surface area contributed by atoms with Crippen LogP contribution in [0.1, 0.15) is 107 Å². The Morgan fingerprint density at radius 2 is 1.75 bits per heavy atom. The summed E-state index contributed by atoms with van der Waals surface area (Å²) >= 11 is 0. The van der Waals surface area contributed by atoms with Crippen LogP contribution in [0.3, 0.4) is 0 Å². The molecule has 0 radical (unpaired) electrons. The van der Waals surface area contributed by atoms with Crippen molar-refractivity contribution in [2.24, 2.45) is 0 Å². The second kappa shape index (κ2) is 13.7. The minimum atomic E-state index is -1.32. The monoisotopic (exact) mass is 619 g/mol. The molecule has 3 rings (SSSR count). The fourth-order valence-electron chi connectivity index (χ4n) is 4.85. The Morgan fingerprint density at radius 1 is 1.09 bits per heavy atom. The molecular weight excluding hydrogens is 569 g/mol. The lowest BCUT2D eigenvalue weighted by atomic mass is 10.0. The average molecular weight is 620 g/mol. The van der Waals surface area contributed by atoms with Crippen LogP contribution in [0.5, 0.6) is 5.88 Å². The zero-order valence-electron chi connectivity index (χ0n) is 27.8. The topological polar surface area (TPSA) is 128 Å². The van der Waals surface area contributed by atoms with Crippen molar-refractivity contribution in [1.29, 1.82) is 0 Å². The molecular formula is C32H50FN5O6. The van der Waals surface area contributed by atoms with E-state index in [-0.39, 0.29) is 24.8 Å². The number of carbonyl (C=O) groups is 2. The fourth-order valence-corrected chi connectivity index (χ4v) is 4.85. The molecule has 4 atom stereocenters. The number of ether oxygens (including phenoxy) is 3. The van der Waals surface area contributed by atoms with Gasteiger partial charge >= 0.3 is 12.2 Å². The number of hydrogen-bond donors (Lipinski definition) is 2. The Balaban J connectivity index is 1.84. The third-order valence-electron chi connectivity index (χ3n) is 6.79. The van der Waals surface area contributed by atoms with Crippen molar-refractivity contribution in [2.45, 2.75) is 136 Å². The zero-order valence-corrected chi connectivity index (χ0v) is 27.8. The number of halogens is 1.